The van der Waals surface area contributed by atoms with Crippen molar-refractivity contribution in [2.45, 2.75) is 38.8 Å². The number of aromatic nitrogens is 3. The fraction of sp³-hybridized carbons (Fsp3) is 0.400. The van der Waals surface area contributed by atoms with E-state index in [9.17, 15) is 14.7 Å². The summed E-state index contributed by atoms with van der Waals surface area (Å²) in [6.45, 7) is 6.69. The number of aliphatic hydroxyl groups is 1. The van der Waals surface area contributed by atoms with Gasteiger partial charge < -0.3 is 10.0 Å². The van der Waals surface area contributed by atoms with Crippen LogP contribution in [0.5, 0.6) is 0 Å². The third kappa shape index (κ3) is 3.92. The van der Waals surface area contributed by atoms with Crippen molar-refractivity contribution >= 4 is 50.2 Å². The van der Waals surface area contributed by atoms with E-state index in [-0.39, 0.29) is 17.5 Å². The number of likely N-dealkylation sites (tertiary alicyclic amines) is 1. The molecule has 0 unspecified atom stereocenters. The Bertz CT molecular complexity index is 1130. The molecule has 1 atom stereocenters. The highest BCUT2D eigenvalue weighted by Gasteiger charge is 2.32. The van der Waals surface area contributed by atoms with E-state index in [1.54, 1.807) is 33.8 Å². The maximum atomic E-state index is 13.1. The average molecular weight is 448 g/mol. The first kappa shape index (κ1) is 20.8. The minimum absolute atomic E-state index is 0.240. The van der Waals surface area contributed by atoms with Crippen molar-refractivity contribution < 1.29 is 14.7 Å². The molecule has 3 aromatic rings. The summed E-state index contributed by atoms with van der Waals surface area (Å²) >= 11 is 7.18. The Balaban J connectivity index is 1.70. The summed E-state index contributed by atoms with van der Waals surface area (Å²) in [5.74, 6) is -0.573. The van der Waals surface area contributed by atoms with Crippen LogP contribution in [0.4, 0.5) is 5.13 Å². The third-order valence-electron chi connectivity index (χ3n) is 4.82. The molecule has 1 aromatic carbocycles. The van der Waals surface area contributed by atoms with Crippen molar-refractivity contribution in [1.82, 2.24) is 19.7 Å². The number of nitrogens with zero attached hydrogens (tertiary/aromatic N) is 4. The second-order valence-corrected chi connectivity index (χ2v) is 9.70. The Morgan fingerprint density at radius 2 is 2.10 bits per heavy atom. The summed E-state index contributed by atoms with van der Waals surface area (Å²) in [4.78, 5) is 31.8. The maximum absolute atomic E-state index is 13.1. The molecule has 2 aromatic heterocycles. The molecule has 4 rings (SSSR count). The molecule has 1 aliphatic rings. The number of hydrogen-bond donors (Lipinski definition) is 2. The molecule has 0 aliphatic carbocycles. The number of anilines is 1. The lowest BCUT2D eigenvalue weighted by molar-refractivity contribution is 0.0759. The van der Waals surface area contributed by atoms with Crippen LogP contribution in [-0.4, -0.2) is 55.8 Å². The van der Waals surface area contributed by atoms with E-state index in [0.29, 0.717) is 45.6 Å². The van der Waals surface area contributed by atoms with E-state index in [1.807, 2.05) is 20.8 Å². The zero-order chi connectivity index (χ0) is 21.6. The predicted molar refractivity (Wildman–Crippen MR) is 116 cm³/mol. The molecule has 0 spiro atoms. The molecule has 158 valence electrons. The van der Waals surface area contributed by atoms with E-state index in [1.165, 1.54) is 11.3 Å². The van der Waals surface area contributed by atoms with Crippen LogP contribution in [0.25, 0.3) is 10.3 Å². The Labute approximate surface area is 182 Å². The van der Waals surface area contributed by atoms with Crippen molar-refractivity contribution in [2.75, 3.05) is 18.4 Å². The average Bonchev–Trinajstić information content (AvgIpc) is 3.35. The van der Waals surface area contributed by atoms with Crippen LogP contribution in [0.15, 0.2) is 24.3 Å². The molecule has 3 heterocycles. The molecule has 0 radical (unpaired) electrons. The van der Waals surface area contributed by atoms with Crippen molar-refractivity contribution in [2.24, 2.45) is 0 Å². The zero-order valence-corrected chi connectivity index (χ0v) is 18.4. The Morgan fingerprint density at radius 3 is 2.73 bits per heavy atom. The number of halogens is 1. The molecule has 8 nitrogen and oxygen atoms in total. The fourth-order valence-electron chi connectivity index (χ4n) is 3.34. The number of benzene rings is 1. The van der Waals surface area contributed by atoms with Crippen LogP contribution in [-0.2, 0) is 5.54 Å². The van der Waals surface area contributed by atoms with Gasteiger partial charge in [-0.05, 0) is 45.4 Å². The van der Waals surface area contributed by atoms with Gasteiger partial charge in [0.15, 0.2) is 16.5 Å². The summed E-state index contributed by atoms with van der Waals surface area (Å²) in [5.41, 5.74) is 0.831. The monoisotopic (exact) mass is 447 g/mol. The molecule has 1 aliphatic heterocycles. The quantitative estimate of drug-likeness (QED) is 0.641. The first-order valence-corrected chi connectivity index (χ1v) is 10.8. The molecule has 0 bridgehead atoms. The SMILES string of the molecule is CC(C)(C)n1nc(C(=O)N2CC[C@H](O)C2)c2sc(NC(=O)c3cccc(Cl)c3)nc21. The lowest BCUT2D eigenvalue weighted by Crippen LogP contribution is -2.31. The molecular formula is C20H22ClN5O3S. The summed E-state index contributed by atoms with van der Waals surface area (Å²) < 4.78 is 2.31. The highest BCUT2D eigenvalue weighted by Crippen LogP contribution is 2.33. The van der Waals surface area contributed by atoms with E-state index < -0.39 is 11.6 Å². The number of thiazole rings is 1. The van der Waals surface area contributed by atoms with Crippen molar-refractivity contribution in [3.05, 3.63) is 40.5 Å². The first-order valence-electron chi connectivity index (χ1n) is 9.58. The third-order valence-corrected chi connectivity index (χ3v) is 6.02. The minimum atomic E-state index is -0.511. The summed E-state index contributed by atoms with van der Waals surface area (Å²) in [5, 5.41) is 18.0. The molecule has 0 saturated carbocycles. The second-order valence-electron chi connectivity index (χ2n) is 8.26. The Hall–Kier alpha value is -2.49. The van der Waals surface area contributed by atoms with Crippen LogP contribution in [0.1, 0.15) is 48.0 Å². The molecule has 1 saturated heterocycles. The molecule has 30 heavy (non-hydrogen) atoms. The van der Waals surface area contributed by atoms with E-state index >= 15 is 0 Å². The summed E-state index contributed by atoms with van der Waals surface area (Å²) in [7, 11) is 0. The molecule has 2 amide bonds. The van der Waals surface area contributed by atoms with Gasteiger partial charge in [0.2, 0.25) is 0 Å². The number of carbonyl (C=O) groups excluding carboxylic acids is 2. The van der Waals surface area contributed by atoms with Gasteiger partial charge >= 0.3 is 0 Å². The Kier molecular flexibility index (Phi) is 5.29. The molecular weight excluding hydrogens is 426 g/mol. The van der Waals surface area contributed by atoms with E-state index in [2.05, 4.69) is 15.4 Å². The number of β-amino-alcohol motifs (C(OH)–C–C–N with tert-alkyl or cyclic N) is 1. The van der Waals surface area contributed by atoms with Gasteiger partial charge in [-0.2, -0.15) is 10.1 Å². The topological polar surface area (TPSA) is 100 Å². The van der Waals surface area contributed by atoms with Crippen LogP contribution < -0.4 is 5.32 Å². The summed E-state index contributed by atoms with van der Waals surface area (Å²) in [6, 6.07) is 6.64. The number of carbonyl (C=O) groups is 2. The highest BCUT2D eigenvalue weighted by molar-refractivity contribution is 7.22. The lowest BCUT2D eigenvalue weighted by atomic mass is 10.1. The van der Waals surface area contributed by atoms with Gasteiger partial charge in [0.25, 0.3) is 11.8 Å². The van der Waals surface area contributed by atoms with Crippen LogP contribution in [0.3, 0.4) is 0 Å². The second kappa shape index (κ2) is 7.64. The largest absolute Gasteiger partial charge is 0.391 e. The van der Waals surface area contributed by atoms with Crippen molar-refractivity contribution in [3.8, 4) is 0 Å². The van der Waals surface area contributed by atoms with Gasteiger partial charge in [0.1, 0.15) is 4.70 Å². The number of hydrogen-bond acceptors (Lipinski definition) is 6. The maximum Gasteiger partial charge on any atom is 0.276 e. The van der Waals surface area contributed by atoms with Crippen molar-refractivity contribution in [3.63, 3.8) is 0 Å². The Morgan fingerprint density at radius 1 is 1.33 bits per heavy atom. The van der Waals surface area contributed by atoms with Crippen molar-refractivity contribution in [1.29, 1.82) is 0 Å². The number of nitrogens with one attached hydrogen (secondary N) is 1. The summed E-state index contributed by atoms with van der Waals surface area (Å²) in [6.07, 6.45) is 0.0431. The molecule has 1 fully saturated rings. The minimum Gasteiger partial charge on any atom is -0.391 e. The number of fused-ring (bicyclic) bond motifs is 1. The van der Waals surface area contributed by atoms with Gasteiger partial charge in [-0.1, -0.05) is 29.0 Å². The number of rotatable bonds is 3. The number of amides is 2. The molecule has 10 heteroatoms. The van der Waals surface area contributed by atoms with Gasteiger partial charge in [0, 0.05) is 23.7 Å². The normalized spacial score (nSPS) is 17.0. The standard InChI is InChI=1S/C20H22ClN5O3S/c1-20(2,3)26-16-15(14(24-26)18(29)25-8-7-13(27)10-25)30-19(22-16)23-17(28)11-5-4-6-12(21)9-11/h4-6,9,13,27H,7-8,10H2,1-3H3,(H,22,23,28)/t13-/m0/s1. The van der Waals surface area contributed by atoms with Crippen LogP contribution in [0, 0.1) is 0 Å². The number of aliphatic hydroxyl groups excluding tert-OH is 1. The van der Waals surface area contributed by atoms with Gasteiger partial charge in [-0.25, -0.2) is 4.68 Å². The van der Waals surface area contributed by atoms with Gasteiger partial charge in [-0.3, -0.25) is 14.9 Å². The smallest absolute Gasteiger partial charge is 0.276 e. The van der Waals surface area contributed by atoms with Gasteiger partial charge in [0.05, 0.1) is 11.6 Å². The first-order chi connectivity index (χ1) is 14.1. The van der Waals surface area contributed by atoms with Crippen LogP contribution >= 0.6 is 22.9 Å². The fourth-order valence-corrected chi connectivity index (χ4v) is 4.45. The predicted octanol–water partition coefficient (Wildman–Crippen LogP) is 3.36. The zero-order valence-electron chi connectivity index (χ0n) is 16.8. The molecule has 2 N–H and O–H groups in total. The lowest BCUT2D eigenvalue weighted by Gasteiger charge is -2.19. The van der Waals surface area contributed by atoms with Gasteiger partial charge in [-0.15, -0.1) is 0 Å². The van der Waals surface area contributed by atoms with Crippen LogP contribution in [0.2, 0.25) is 5.02 Å². The highest BCUT2D eigenvalue weighted by atomic mass is 35.5. The van der Waals surface area contributed by atoms with E-state index in [4.69, 9.17) is 11.6 Å². The van der Waals surface area contributed by atoms with E-state index in [0.717, 1.165) is 0 Å².